The molecule has 0 fully saturated rings. The highest BCUT2D eigenvalue weighted by Gasteiger charge is 2.38. The summed E-state index contributed by atoms with van der Waals surface area (Å²) in [5.41, 5.74) is 5.10. The lowest BCUT2D eigenvalue weighted by molar-refractivity contribution is 0.106. The summed E-state index contributed by atoms with van der Waals surface area (Å²) in [7, 11) is 0. The Bertz CT molecular complexity index is 309. The second kappa shape index (κ2) is 4.25. The molecule has 0 bridgehead atoms. The molecule has 3 N–H and O–H groups in total. The summed E-state index contributed by atoms with van der Waals surface area (Å²) in [6, 6.07) is 1.51. The number of amides is 1. The van der Waals surface area contributed by atoms with Crippen LogP contribution in [0.4, 0.5) is 4.79 Å². The minimum absolute atomic E-state index is 0.281. The van der Waals surface area contributed by atoms with Crippen LogP contribution in [-0.2, 0) is 4.74 Å². The average molecular weight is 258 g/mol. The number of rotatable bonds is 2. The van der Waals surface area contributed by atoms with Gasteiger partial charge in [-0.05, 0) is 6.07 Å². The first-order chi connectivity index (χ1) is 6.41. The molecule has 0 aliphatic rings. The first-order valence-corrected chi connectivity index (χ1v) is 4.57. The Labute approximate surface area is 94.4 Å². The highest BCUT2D eigenvalue weighted by molar-refractivity contribution is 6.68. The van der Waals surface area contributed by atoms with Gasteiger partial charge in [-0.25, -0.2) is 4.79 Å². The molecule has 1 aromatic rings. The third-order valence-electron chi connectivity index (χ3n) is 1.32. The maximum Gasteiger partial charge on any atom is 0.405 e. The van der Waals surface area contributed by atoms with Crippen molar-refractivity contribution in [1.82, 2.24) is 10.2 Å². The number of carbonyl (C=O) groups excluding carboxylic acids is 1. The second-order valence-electron chi connectivity index (χ2n) is 2.36. The van der Waals surface area contributed by atoms with E-state index in [1.807, 2.05) is 0 Å². The number of H-pyrrole nitrogens is 1. The molecule has 8 heteroatoms. The van der Waals surface area contributed by atoms with Crippen molar-refractivity contribution in [2.75, 3.05) is 0 Å². The van der Waals surface area contributed by atoms with Gasteiger partial charge in [-0.2, -0.15) is 5.10 Å². The van der Waals surface area contributed by atoms with Gasteiger partial charge in [0.1, 0.15) is 5.69 Å². The average Bonchev–Trinajstić information content (AvgIpc) is 2.49. The zero-order chi connectivity index (χ0) is 10.8. The van der Waals surface area contributed by atoms with Crippen molar-refractivity contribution in [2.45, 2.75) is 9.90 Å². The smallest absolute Gasteiger partial charge is 0.405 e. The van der Waals surface area contributed by atoms with Gasteiger partial charge in [0.25, 0.3) is 0 Å². The van der Waals surface area contributed by atoms with E-state index in [1.54, 1.807) is 0 Å². The van der Waals surface area contributed by atoms with E-state index in [-0.39, 0.29) is 5.69 Å². The van der Waals surface area contributed by atoms with E-state index in [0.29, 0.717) is 0 Å². The van der Waals surface area contributed by atoms with Crippen LogP contribution in [0.1, 0.15) is 11.8 Å². The molecule has 1 heterocycles. The summed E-state index contributed by atoms with van der Waals surface area (Å²) in [5, 5.41) is 6.22. The van der Waals surface area contributed by atoms with E-state index in [2.05, 4.69) is 14.9 Å². The van der Waals surface area contributed by atoms with E-state index in [1.165, 1.54) is 12.3 Å². The van der Waals surface area contributed by atoms with E-state index in [4.69, 9.17) is 40.5 Å². The van der Waals surface area contributed by atoms with Crippen molar-refractivity contribution in [3.8, 4) is 0 Å². The molecule has 1 atom stereocenters. The molecular formula is C6H6Cl3N3O2. The molecule has 0 radical (unpaired) electrons. The summed E-state index contributed by atoms with van der Waals surface area (Å²) >= 11 is 16.7. The van der Waals surface area contributed by atoms with E-state index >= 15 is 0 Å². The predicted molar refractivity (Wildman–Crippen MR) is 52.3 cm³/mol. The van der Waals surface area contributed by atoms with Crippen molar-refractivity contribution in [2.24, 2.45) is 5.73 Å². The van der Waals surface area contributed by atoms with Crippen LogP contribution in [0, 0.1) is 0 Å². The van der Waals surface area contributed by atoms with Gasteiger partial charge in [0.15, 0.2) is 6.10 Å². The SMILES string of the molecule is NC(=O)OC(c1cc[nH]n1)C(Cl)(Cl)Cl. The quantitative estimate of drug-likeness (QED) is 0.795. The van der Waals surface area contributed by atoms with Crippen LogP contribution in [0.2, 0.25) is 0 Å². The van der Waals surface area contributed by atoms with Crippen molar-refractivity contribution >= 4 is 40.9 Å². The number of primary amides is 1. The highest BCUT2D eigenvalue weighted by Crippen LogP contribution is 2.41. The number of hydrogen-bond acceptors (Lipinski definition) is 3. The molecule has 0 aliphatic heterocycles. The summed E-state index contributed by atoms with van der Waals surface area (Å²) in [6.45, 7) is 0. The molecule has 5 nitrogen and oxygen atoms in total. The minimum atomic E-state index is -1.82. The summed E-state index contributed by atoms with van der Waals surface area (Å²) < 4.78 is 2.80. The van der Waals surface area contributed by atoms with Gasteiger partial charge in [0, 0.05) is 6.20 Å². The lowest BCUT2D eigenvalue weighted by atomic mass is 10.3. The first-order valence-electron chi connectivity index (χ1n) is 3.43. The van der Waals surface area contributed by atoms with Crippen LogP contribution in [0.3, 0.4) is 0 Å². The Balaban J connectivity index is 2.89. The molecule has 78 valence electrons. The number of nitrogens with zero attached hydrogens (tertiary/aromatic N) is 1. The lowest BCUT2D eigenvalue weighted by Crippen LogP contribution is -2.26. The Morgan fingerprint density at radius 2 is 2.29 bits per heavy atom. The standard InChI is InChI=1S/C6H6Cl3N3O2/c7-6(8,9)4(14-5(10)13)3-1-2-11-12-3/h1-2,4H,(H2,10,13)(H,11,12). The van der Waals surface area contributed by atoms with Crippen molar-refractivity contribution < 1.29 is 9.53 Å². The number of aromatic amines is 1. The maximum absolute atomic E-state index is 10.5. The molecule has 1 rings (SSSR count). The number of aromatic nitrogens is 2. The molecule has 1 aromatic heterocycles. The summed E-state index contributed by atoms with van der Waals surface area (Å²) in [5.74, 6) is 0. The fraction of sp³-hybridized carbons (Fsp3) is 0.333. The van der Waals surface area contributed by atoms with Gasteiger partial charge in [-0.15, -0.1) is 0 Å². The minimum Gasteiger partial charge on any atom is -0.435 e. The number of hydrogen-bond donors (Lipinski definition) is 2. The molecule has 14 heavy (non-hydrogen) atoms. The van der Waals surface area contributed by atoms with Gasteiger partial charge in [0.2, 0.25) is 3.79 Å². The second-order valence-corrected chi connectivity index (χ2v) is 4.73. The third-order valence-corrected chi connectivity index (χ3v) is 1.92. The Morgan fingerprint density at radius 3 is 2.64 bits per heavy atom. The Morgan fingerprint density at radius 1 is 1.64 bits per heavy atom. The molecule has 1 unspecified atom stereocenters. The molecular weight excluding hydrogens is 252 g/mol. The van der Waals surface area contributed by atoms with Crippen LogP contribution < -0.4 is 5.73 Å². The lowest BCUT2D eigenvalue weighted by Gasteiger charge is -2.21. The van der Waals surface area contributed by atoms with E-state index in [9.17, 15) is 4.79 Å². The van der Waals surface area contributed by atoms with Gasteiger partial charge < -0.3 is 10.5 Å². The topological polar surface area (TPSA) is 81.0 Å². The van der Waals surface area contributed by atoms with Crippen LogP contribution >= 0.6 is 34.8 Å². The third kappa shape index (κ3) is 2.94. The maximum atomic E-state index is 10.5. The number of carbonyl (C=O) groups is 1. The molecule has 0 saturated carbocycles. The van der Waals surface area contributed by atoms with Gasteiger partial charge in [0.05, 0.1) is 0 Å². The number of nitrogens with two attached hydrogens (primary N) is 1. The van der Waals surface area contributed by atoms with Gasteiger partial charge >= 0.3 is 6.09 Å². The largest absolute Gasteiger partial charge is 0.435 e. The number of alkyl halides is 3. The fourth-order valence-electron chi connectivity index (χ4n) is 0.829. The monoisotopic (exact) mass is 257 g/mol. The van der Waals surface area contributed by atoms with Gasteiger partial charge in [-0.3, -0.25) is 5.10 Å². The zero-order valence-corrected chi connectivity index (χ0v) is 8.97. The van der Waals surface area contributed by atoms with Crippen LogP contribution in [0.25, 0.3) is 0 Å². The van der Waals surface area contributed by atoms with Crippen molar-refractivity contribution in [1.29, 1.82) is 0 Å². The Kier molecular flexibility index (Phi) is 3.47. The first kappa shape index (κ1) is 11.4. The van der Waals surface area contributed by atoms with E-state index in [0.717, 1.165) is 0 Å². The number of halogens is 3. The molecule has 1 amide bonds. The highest BCUT2D eigenvalue weighted by atomic mass is 35.6. The van der Waals surface area contributed by atoms with Gasteiger partial charge in [-0.1, -0.05) is 34.8 Å². The van der Waals surface area contributed by atoms with Crippen LogP contribution in [0.15, 0.2) is 12.3 Å². The van der Waals surface area contributed by atoms with Crippen LogP contribution in [-0.4, -0.2) is 20.1 Å². The van der Waals surface area contributed by atoms with Crippen molar-refractivity contribution in [3.05, 3.63) is 18.0 Å². The summed E-state index contributed by atoms with van der Waals surface area (Å²) in [6.07, 6.45) is -0.663. The van der Waals surface area contributed by atoms with E-state index < -0.39 is 16.0 Å². The molecule has 0 aromatic carbocycles. The Hall–Kier alpha value is -0.650. The van der Waals surface area contributed by atoms with Crippen LogP contribution in [0.5, 0.6) is 0 Å². The normalized spacial score (nSPS) is 13.6. The molecule has 0 aliphatic carbocycles. The summed E-state index contributed by atoms with van der Waals surface area (Å²) in [4.78, 5) is 10.5. The fourth-order valence-corrected chi connectivity index (χ4v) is 1.30. The molecule has 0 saturated heterocycles. The molecule has 0 spiro atoms. The zero-order valence-electron chi connectivity index (χ0n) is 6.71. The predicted octanol–water partition coefficient (Wildman–Crippen LogP) is 1.92. The number of nitrogens with one attached hydrogen (secondary N) is 1. The van der Waals surface area contributed by atoms with Crippen molar-refractivity contribution in [3.63, 3.8) is 0 Å². The number of ether oxygens (including phenoxy) is 1.